The first-order chi connectivity index (χ1) is 8.58. The fourth-order valence-corrected chi connectivity index (χ4v) is 1.85. The summed E-state index contributed by atoms with van der Waals surface area (Å²) in [6, 6.07) is 5.81. The summed E-state index contributed by atoms with van der Waals surface area (Å²) >= 11 is 0. The predicted molar refractivity (Wildman–Crippen MR) is 69.7 cm³/mol. The van der Waals surface area contributed by atoms with Crippen LogP contribution in [-0.2, 0) is 4.79 Å². The van der Waals surface area contributed by atoms with Gasteiger partial charge in [-0.2, -0.15) is 0 Å². The van der Waals surface area contributed by atoms with E-state index < -0.39 is 5.97 Å². The number of aryl methyl sites for hydroxylation is 2. The lowest BCUT2D eigenvalue weighted by molar-refractivity contribution is -0.131. The van der Waals surface area contributed by atoms with Crippen LogP contribution in [0.15, 0.2) is 36.7 Å². The molecule has 0 fully saturated rings. The van der Waals surface area contributed by atoms with Crippen molar-refractivity contribution in [2.45, 2.75) is 13.8 Å². The Morgan fingerprint density at radius 3 is 2.72 bits per heavy atom. The molecule has 1 heterocycles. The molecule has 2 aromatic rings. The molecule has 0 saturated heterocycles. The van der Waals surface area contributed by atoms with E-state index in [1.165, 1.54) is 0 Å². The highest BCUT2D eigenvalue weighted by Gasteiger charge is 2.04. The number of carboxylic acids is 1. The molecule has 0 saturated carbocycles. The summed E-state index contributed by atoms with van der Waals surface area (Å²) in [6.45, 7) is 3.94. The second kappa shape index (κ2) is 4.87. The third kappa shape index (κ3) is 2.48. The molecule has 1 aromatic carbocycles. The number of nitrogens with zero attached hydrogens (tertiary/aromatic N) is 2. The Balaban J connectivity index is 2.37. The molecule has 92 valence electrons. The van der Waals surface area contributed by atoms with Crippen molar-refractivity contribution in [2.75, 3.05) is 0 Å². The molecule has 18 heavy (non-hydrogen) atoms. The van der Waals surface area contributed by atoms with Crippen LogP contribution >= 0.6 is 0 Å². The first-order valence-electron chi connectivity index (χ1n) is 5.60. The van der Waals surface area contributed by atoms with E-state index in [0.29, 0.717) is 0 Å². The minimum atomic E-state index is -0.942. The molecule has 0 aliphatic carbocycles. The smallest absolute Gasteiger partial charge is 0.328 e. The van der Waals surface area contributed by atoms with Crippen LogP contribution in [-0.4, -0.2) is 20.6 Å². The molecular weight excluding hydrogens is 228 g/mol. The van der Waals surface area contributed by atoms with E-state index in [9.17, 15) is 4.79 Å². The van der Waals surface area contributed by atoms with Crippen molar-refractivity contribution >= 4 is 12.0 Å². The maximum atomic E-state index is 10.5. The molecule has 2 rings (SSSR count). The molecule has 0 spiro atoms. The van der Waals surface area contributed by atoms with Gasteiger partial charge in [-0.1, -0.05) is 6.07 Å². The number of imidazole rings is 1. The van der Waals surface area contributed by atoms with Gasteiger partial charge in [0.25, 0.3) is 0 Å². The maximum absolute atomic E-state index is 10.5. The lowest BCUT2D eigenvalue weighted by Crippen LogP contribution is -1.98. The van der Waals surface area contributed by atoms with Gasteiger partial charge in [-0.3, -0.25) is 0 Å². The van der Waals surface area contributed by atoms with Crippen LogP contribution in [0.2, 0.25) is 0 Å². The molecule has 0 aliphatic rings. The van der Waals surface area contributed by atoms with Gasteiger partial charge in [0, 0.05) is 24.2 Å². The predicted octanol–water partition coefficient (Wildman–Crippen LogP) is 2.59. The highest BCUT2D eigenvalue weighted by atomic mass is 16.4. The van der Waals surface area contributed by atoms with Crippen LogP contribution in [0.4, 0.5) is 0 Å². The van der Waals surface area contributed by atoms with Gasteiger partial charge in [0.15, 0.2) is 0 Å². The number of rotatable bonds is 3. The molecule has 1 N–H and O–H groups in total. The van der Waals surface area contributed by atoms with Gasteiger partial charge < -0.3 is 9.67 Å². The number of hydrogen-bond acceptors (Lipinski definition) is 2. The Kier molecular flexibility index (Phi) is 3.28. The van der Waals surface area contributed by atoms with Gasteiger partial charge >= 0.3 is 5.97 Å². The molecule has 0 amide bonds. The van der Waals surface area contributed by atoms with Crippen molar-refractivity contribution in [1.29, 1.82) is 0 Å². The lowest BCUT2D eigenvalue weighted by atomic mass is 10.1. The zero-order valence-corrected chi connectivity index (χ0v) is 10.3. The Morgan fingerprint density at radius 2 is 2.17 bits per heavy atom. The largest absolute Gasteiger partial charge is 0.478 e. The average Bonchev–Trinajstić information content (AvgIpc) is 2.73. The van der Waals surface area contributed by atoms with Crippen molar-refractivity contribution in [2.24, 2.45) is 0 Å². The summed E-state index contributed by atoms with van der Waals surface area (Å²) in [5.41, 5.74) is 3.00. The summed E-state index contributed by atoms with van der Waals surface area (Å²) in [4.78, 5) is 14.6. The van der Waals surface area contributed by atoms with E-state index in [1.807, 2.05) is 42.8 Å². The van der Waals surface area contributed by atoms with Gasteiger partial charge in [0.05, 0.1) is 0 Å². The fourth-order valence-electron chi connectivity index (χ4n) is 1.85. The Labute approximate surface area is 105 Å². The zero-order valence-electron chi connectivity index (χ0n) is 10.3. The van der Waals surface area contributed by atoms with Crippen molar-refractivity contribution < 1.29 is 9.90 Å². The molecule has 0 radical (unpaired) electrons. The highest BCUT2D eigenvalue weighted by Crippen LogP contribution is 2.18. The molecule has 1 aromatic heterocycles. The van der Waals surface area contributed by atoms with E-state index in [-0.39, 0.29) is 0 Å². The minimum Gasteiger partial charge on any atom is -0.478 e. The van der Waals surface area contributed by atoms with Gasteiger partial charge in [-0.05, 0) is 43.2 Å². The van der Waals surface area contributed by atoms with E-state index in [1.54, 1.807) is 12.3 Å². The summed E-state index contributed by atoms with van der Waals surface area (Å²) in [5.74, 6) is -0.0193. The van der Waals surface area contributed by atoms with Crippen LogP contribution in [0.25, 0.3) is 11.8 Å². The Morgan fingerprint density at radius 1 is 1.39 bits per heavy atom. The first-order valence-corrected chi connectivity index (χ1v) is 5.60. The number of aromatic nitrogens is 2. The van der Waals surface area contributed by atoms with Crippen molar-refractivity contribution in [3.05, 3.63) is 53.6 Å². The SMILES string of the molecule is Cc1cc(C=CC(=O)O)ccc1-n1ccnc1C. The van der Waals surface area contributed by atoms with E-state index in [0.717, 1.165) is 28.7 Å². The normalized spacial score (nSPS) is 11.0. The molecule has 0 aliphatic heterocycles. The van der Waals surface area contributed by atoms with Crippen molar-refractivity contribution in [1.82, 2.24) is 9.55 Å². The summed E-state index contributed by atoms with van der Waals surface area (Å²) < 4.78 is 2.00. The number of benzene rings is 1. The molecule has 0 unspecified atom stereocenters. The van der Waals surface area contributed by atoms with Crippen LogP contribution in [0.3, 0.4) is 0 Å². The fraction of sp³-hybridized carbons (Fsp3) is 0.143. The average molecular weight is 242 g/mol. The second-order valence-corrected chi connectivity index (χ2v) is 4.06. The summed E-state index contributed by atoms with van der Waals surface area (Å²) in [6.07, 6.45) is 6.38. The topological polar surface area (TPSA) is 55.1 Å². The Hall–Kier alpha value is -2.36. The van der Waals surface area contributed by atoms with Crippen LogP contribution in [0.5, 0.6) is 0 Å². The van der Waals surface area contributed by atoms with E-state index in [4.69, 9.17) is 5.11 Å². The summed E-state index contributed by atoms with van der Waals surface area (Å²) in [5, 5.41) is 8.59. The standard InChI is InChI=1S/C14H14N2O2/c1-10-9-12(4-6-14(17)18)3-5-13(10)16-8-7-15-11(16)2/h3-9H,1-2H3,(H,17,18). The molecule has 4 nitrogen and oxygen atoms in total. The quantitative estimate of drug-likeness (QED) is 0.842. The summed E-state index contributed by atoms with van der Waals surface area (Å²) in [7, 11) is 0. The van der Waals surface area contributed by atoms with Gasteiger partial charge in [-0.25, -0.2) is 9.78 Å². The van der Waals surface area contributed by atoms with Crippen molar-refractivity contribution in [3.63, 3.8) is 0 Å². The van der Waals surface area contributed by atoms with Crippen LogP contribution in [0.1, 0.15) is 17.0 Å². The second-order valence-electron chi connectivity index (χ2n) is 4.06. The van der Waals surface area contributed by atoms with E-state index >= 15 is 0 Å². The number of carboxylic acid groups (broad SMARTS) is 1. The molecule has 0 atom stereocenters. The zero-order chi connectivity index (χ0) is 13.1. The number of hydrogen-bond donors (Lipinski definition) is 1. The number of carbonyl (C=O) groups is 1. The highest BCUT2D eigenvalue weighted by molar-refractivity contribution is 5.85. The molecular formula is C14H14N2O2. The van der Waals surface area contributed by atoms with Gasteiger partial charge in [0.1, 0.15) is 5.82 Å². The Bertz CT molecular complexity index is 612. The molecule has 4 heteroatoms. The monoisotopic (exact) mass is 242 g/mol. The minimum absolute atomic E-state index is 0.872. The van der Waals surface area contributed by atoms with Crippen LogP contribution < -0.4 is 0 Å². The van der Waals surface area contributed by atoms with Gasteiger partial charge in [0.2, 0.25) is 0 Å². The van der Waals surface area contributed by atoms with E-state index in [2.05, 4.69) is 4.98 Å². The third-order valence-electron chi connectivity index (χ3n) is 2.72. The maximum Gasteiger partial charge on any atom is 0.328 e. The molecule has 0 bridgehead atoms. The third-order valence-corrected chi connectivity index (χ3v) is 2.72. The lowest BCUT2D eigenvalue weighted by Gasteiger charge is -2.09. The van der Waals surface area contributed by atoms with Crippen molar-refractivity contribution in [3.8, 4) is 5.69 Å². The van der Waals surface area contributed by atoms with Gasteiger partial charge in [-0.15, -0.1) is 0 Å². The van der Waals surface area contributed by atoms with Crippen LogP contribution in [0, 0.1) is 13.8 Å². The first kappa shape index (κ1) is 12.1. The number of aliphatic carboxylic acids is 1.